The number of likely N-dealkylation sites (tertiary alicyclic amines) is 1. The molecular weight excluding hydrogens is 222 g/mol. The van der Waals surface area contributed by atoms with Gasteiger partial charge in [0.2, 0.25) is 0 Å². The van der Waals surface area contributed by atoms with Crippen LogP contribution in [-0.2, 0) is 4.79 Å². The molecule has 2 fully saturated rings. The van der Waals surface area contributed by atoms with E-state index >= 15 is 0 Å². The Morgan fingerprint density at radius 1 is 1.28 bits per heavy atom. The van der Waals surface area contributed by atoms with Crippen molar-refractivity contribution < 1.29 is 4.79 Å². The Balaban J connectivity index is 2.11. The van der Waals surface area contributed by atoms with Gasteiger partial charge in [0.1, 0.15) is 0 Å². The molecule has 0 bridgehead atoms. The van der Waals surface area contributed by atoms with E-state index in [2.05, 4.69) is 46.4 Å². The Morgan fingerprint density at radius 3 is 2.22 bits per heavy atom. The van der Waals surface area contributed by atoms with Gasteiger partial charge in [-0.3, -0.25) is 9.69 Å². The lowest BCUT2D eigenvalue weighted by atomic mass is 9.53. The van der Waals surface area contributed by atoms with Gasteiger partial charge in [-0.15, -0.1) is 0 Å². The first-order valence-electron chi connectivity index (χ1n) is 7.37. The molecule has 18 heavy (non-hydrogen) atoms. The average molecular weight is 251 g/mol. The molecule has 1 atom stereocenters. The molecule has 0 aromatic heterocycles. The van der Waals surface area contributed by atoms with Crippen molar-refractivity contribution in [2.24, 2.45) is 16.2 Å². The van der Waals surface area contributed by atoms with Gasteiger partial charge in [-0.1, -0.05) is 41.5 Å². The van der Waals surface area contributed by atoms with Crippen LogP contribution in [0.1, 0.15) is 60.8 Å². The molecule has 0 radical (unpaired) electrons. The molecule has 1 saturated heterocycles. The lowest BCUT2D eigenvalue weighted by molar-refractivity contribution is -0.131. The van der Waals surface area contributed by atoms with E-state index in [1.54, 1.807) is 0 Å². The minimum absolute atomic E-state index is 0.172. The van der Waals surface area contributed by atoms with Crippen molar-refractivity contribution in [2.45, 2.75) is 66.8 Å². The number of likely N-dealkylation sites (N-methyl/N-ethyl adjacent to an activating group) is 1. The zero-order valence-electron chi connectivity index (χ0n) is 13.0. The van der Waals surface area contributed by atoms with Crippen LogP contribution in [0.4, 0.5) is 0 Å². The lowest BCUT2D eigenvalue weighted by Crippen LogP contribution is -2.44. The summed E-state index contributed by atoms with van der Waals surface area (Å²) in [5, 5.41) is 0. The molecule has 2 heteroatoms. The lowest BCUT2D eigenvalue weighted by Gasteiger charge is -2.51. The summed E-state index contributed by atoms with van der Waals surface area (Å²) in [5.74, 6) is 0.436. The third-order valence-electron chi connectivity index (χ3n) is 4.76. The minimum atomic E-state index is -0.205. The second-order valence-corrected chi connectivity index (χ2v) is 8.42. The van der Waals surface area contributed by atoms with Gasteiger partial charge in [0.15, 0.2) is 5.78 Å². The minimum Gasteiger partial charge on any atom is -0.297 e. The number of carbonyl (C=O) groups excluding carboxylic acids is 1. The molecule has 0 amide bonds. The van der Waals surface area contributed by atoms with E-state index in [-0.39, 0.29) is 11.5 Å². The highest BCUT2D eigenvalue weighted by Gasteiger charge is 2.56. The van der Waals surface area contributed by atoms with E-state index in [0.717, 1.165) is 19.5 Å². The van der Waals surface area contributed by atoms with Gasteiger partial charge >= 0.3 is 0 Å². The molecular formula is C16H29NO. The monoisotopic (exact) mass is 251 g/mol. The van der Waals surface area contributed by atoms with Crippen molar-refractivity contribution in [3.05, 3.63) is 0 Å². The van der Waals surface area contributed by atoms with Crippen molar-refractivity contribution >= 4 is 5.78 Å². The van der Waals surface area contributed by atoms with Gasteiger partial charge in [0.25, 0.3) is 0 Å². The second kappa shape index (κ2) is 4.06. The van der Waals surface area contributed by atoms with Crippen LogP contribution in [0.2, 0.25) is 0 Å². The summed E-state index contributed by atoms with van der Waals surface area (Å²) < 4.78 is 0. The molecule has 1 spiro atoms. The number of nitrogens with zero attached hydrogens (tertiary/aromatic N) is 1. The molecule has 0 aromatic rings. The first-order chi connectivity index (χ1) is 8.09. The predicted molar refractivity (Wildman–Crippen MR) is 75.6 cm³/mol. The van der Waals surface area contributed by atoms with Gasteiger partial charge in [0.05, 0.1) is 6.04 Å². The highest BCUT2D eigenvalue weighted by molar-refractivity contribution is 5.89. The van der Waals surface area contributed by atoms with E-state index in [1.807, 2.05) is 0 Å². The topological polar surface area (TPSA) is 20.3 Å². The first-order valence-corrected chi connectivity index (χ1v) is 7.37. The van der Waals surface area contributed by atoms with Crippen LogP contribution in [0.25, 0.3) is 0 Å². The largest absolute Gasteiger partial charge is 0.297 e. The first kappa shape index (κ1) is 14.0. The molecule has 0 unspecified atom stereocenters. The van der Waals surface area contributed by atoms with Crippen molar-refractivity contribution in [1.29, 1.82) is 0 Å². The standard InChI is InChI=1S/C16H29NO/c1-7-17-11-16(9-15(5,6)10-16)8-12(17)13(18)14(2,3)4/h12H,7-11H2,1-6H3/t12-/m0/s1. The Bertz CT molecular complexity index is 343. The van der Waals surface area contributed by atoms with E-state index in [4.69, 9.17) is 0 Å². The Kier molecular flexibility index (Phi) is 3.17. The van der Waals surface area contributed by atoms with E-state index in [0.29, 0.717) is 16.6 Å². The van der Waals surface area contributed by atoms with Gasteiger partial charge in [0, 0.05) is 12.0 Å². The molecule has 2 aliphatic rings. The van der Waals surface area contributed by atoms with Crippen LogP contribution in [0, 0.1) is 16.2 Å². The number of carbonyl (C=O) groups is 1. The Morgan fingerprint density at radius 2 is 1.83 bits per heavy atom. The van der Waals surface area contributed by atoms with Gasteiger partial charge in [-0.05, 0) is 36.6 Å². The van der Waals surface area contributed by atoms with Crippen LogP contribution in [0.15, 0.2) is 0 Å². The third kappa shape index (κ3) is 2.36. The Hall–Kier alpha value is -0.370. The van der Waals surface area contributed by atoms with Gasteiger partial charge < -0.3 is 0 Å². The normalized spacial score (nSPS) is 30.4. The molecule has 1 saturated carbocycles. The number of ketones is 1. The maximum absolute atomic E-state index is 12.6. The molecule has 0 N–H and O–H groups in total. The zero-order valence-corrected chi connectivity index (χ0v) is 13.0. The van der Waals surface area contributed by atoms with E-state index in [1.165, 1.54) is 12.8 Å². The van der Waals surface area contributed by atoms with Crippen LogP contribution in [0.3, 0.4) is 0 Å². The van der Waals surface area contributed by atoms with Crippen molar-refractivity contribution in [3.63, 3.8) is 0 Å². The van der Waals surface area contributed by atoms with Crippen LogP contribution >= 0.6 is 0 Å². The second-order valence-electron chi connectivity index (χ2n) is 8.42. The fraction of sp³-hybridized carbons (Fsp3) is 0.938. The fourth-order valence-corrected chi connectivity index (χ4v) is 4.47. The highest BCUT2D eigenvalue weighted by atomic mass is 16.1. The van der Waals surface area contributed by atoms with Crippen LogP contribution in [0.5, 0.6) is 0 Å². The molecule has 1 aliphatic carbocycles. The summed E-state index contributed by atoms with van der Waals surface area (Å²) in [6.45, 7) is 15.2. The average Bonchev–Trinajstić information content (AvgIpc) is 2.52. The zero-order chi connectivity index (χ0) is 13.8. The van der Waals surface area contributed by atoms with Crippen molar-refractivity contribution in [1.82, 2.24) is 4.90 Å². The highest BCUT2D eigenvalue weighted by Crippen LogP contribution is 2.60. The van der Waals surface area contributed by atoms with Gasteiger partial charge in [-0.25, -0.2) is 0 Å². The molecule has 1 heterocycles. The summed E-state index contributed by atoms with van der Waals surface area (Å²) in [5.41, 5.74) is 0.743. The van der Waals surface area contributed by atoms with E-state index < -0.39 is 0 Å². The maximum atomic E-state index is 12.6. The summed E-state index contributed by atoms with van der Waals surface area (Å²) >= 11 is 0. The summed E-state index contributed by atoms with van der Waals surface area (Å²) in [6, 6.07) is 0.172. The number of rotatable bonds is 2. The SMILES string of the molecule is CCN1CC2(C[C@H]1C(=O)C(C)(C)C)CC(C)(C)C2. The number of Topliss-reactive ketones (excluding diaryl/α,β-unsaturated/α-hetero) is 1. The predicted octanol–water partition coefficient (Wildman–Crippen LogP) is 3.50. The summed E-state index contributed by atoms with van der Waals surface area (Å²) in [6.07, 6.45) is 3.69. The number of hydrogen-bond acceptors (Lipinski definition) is 2. The Labute approximate surface area is 112 Å². The van der Waals surface area contributed by atoms with Crippen LogP contribution in [-0.4, -0.2) is 29.8 Å². The van der Waals surface area contributed by atoms with E-state index in [9.17, 15) is 4.79 Å². The van der Waals surface area contributed by atoms with Crippen molar-refractivity contribution in [2.75, 3.05) is 13.1 Å². The quantitative estimate of drug-likeness (QED) is 0.748. The maximum Gasteiger partial charge on any atom is 0.155 e. The smallest absolute Gasteiger partial charge is 0.155 e. The fourth-order valence-electron chi connectivity index (χ4n) is 4.47. The molecule has 2 rings (SSSR count). The molecule has 0 aromatic carbocycles. The number of hydrogen-bond donors (Lipinski definition) is 0. The molecule has 104 valence electrons. The van der Waals surface area contributed by atoms with Crippen LogP contribution < -0.4 is 0 Å². The molecule has 2 nitrogen and oxygen atoms in total. The third-order valence-corrected chi connectivity index (χ3v) is 4.76. The van der Waals surface area contributed by atoms with Gasteiger partial charge in [-0.2, -0.15) is 0 Å². The molecule has 1 aliphatic heterocycles. The summed E-state index contributed by atoms with van der Waals surface area (Å²) in [4.78, 5) is 15.0. The van der Waals surface area contributed by atoms with Crippen molar-refractivity contribution in [3.8, 4) is 0 Å². The summed E-state index contributed by atoms with van der Waals surface area (Å²) in [7, 11) is 0.